The highest BCUT2D eigenvalue weighted by Gasteiger charge is 2.34. The average Bonchev–Trinajstić information content (AvgIpc) is 2.38. The normalized spacial score (nSPS) is 19.3. The standard InChI is InChI=1S/C12H20N2O4/c1-3-4-5-10(15)14-7-6-13-12(17)9(14)8-11(16)18-2/h9H,3-8H2,1-2H3,(H,13,17)/t9-/m0/s1. The Morgan fingerprint density at radius 2 is 2.22 bits per heavy atom. The smallest absolute Gasteiger partial charge is 0.308 e. The molecule has 1 heterocycles. The summed E-state index contributed by atoms with van der Waals surface area (Å²) in [5, 5.41) is 2.66. The molecule has 0 aromatic carbocycles. The minimum Gasteiger partial charge on any atom is -0.469 e. The van der Waals surface area contributed by atoms with Crippen LogP contribution in [-0.4, -0.2) is 48.9 Å². The lowest BCUT2D eigenvalue weighted by Gasteiger charge is -2.34. The number of carbonyl (C=O) groups excluding carboxylic acids is 3. The van der Waals surface area contributed by atoms with Crippen LogP contribution < -0.4 is 5.32 Å². The van der Waals surface area contributed by atoms with Crippen molar-refractivity contribution < 1.29 is 19.1 Å². The van der Waals surface area contributed by atoms with Gasteiger partial charge in [0.2, 0.25) is 11.8 Å². The van der Waals surface area contributed by atoms with E-state index in [9.17, 15) is 14.4 Å². The molecule has 1 aliphatic rings. The zero-order valence-corrected chi connectivity index (χ0v) is 10.9. The van der Waals surface area contributed by atoms with Gasteiger partial charge < -0.3 is 15.0 Å². The summed E-state index contributed by atoms with van der Waals surface area (Å²) in [7, 11) is 1.27. The maximum Gasteiger partial charge on any atom is 0.308 e. The lowest BCUT2D eigenvalue weighted by molar-refractivity contribution is -0.150. The fourth-order valence-electron chi connectivity index (χ4n) is 1.93. The molecule has 1 saturated heterocycles. The van der Waals surface area contributed by atoms with E-state index in [0.717, 1.165) is 12.8 Å². The fraction of sp³-hybridized carbons (Fsp3) is 0.750. The number of nitrogens with one attached hydrogen (secondary N) is 1. The lowest BCUT2D eigenvalue weighted by atomic mass is 10.1. The van der Waals surface area contributed by atoms with Crippen LogP contribution in [0.2, 0.25) is 0 Å². The molecule has 0 aliphatic carbocycles. The third-order valence-electron chi connectivity index (χ3n) is 2.98. The molecule has 1 rings (SSSR count). The van der Waals surface area contributed by atoms with Gasteiger partial charge in [-0.3, -0.25) is 14.4 Å². The van der Waals surface area contributed by atoms with Crippen molar-refractivity contribution >= 4 is 17.8 Å². The van der Waals surface area contributed by atoms with Crippen molar-refractivity contribution in [1.29, 1.82) is 0 Å². The van der Waals surface area contributed by atoms with Gasteiger partial charge in [0.15, 0.2) is 0 Å². The van der Waals surface area contributed by atoms with Crippen molar-refractivity contribution in [2.75, 3.05) is 20.2 Å². The summed E-state index contributed by atoms with van der Waals surface area (Å²) in [5.41, 5.74) is 0. The number of hydrogen-bond acceptors (Lipinski definition) is 4. The number of methoxy groups -OCH3 is 1. The molecule has 0 saturated carbocycles. The zero-order chi connectivity index (χ0) is 13.5. The van der Waals surface area contributed by atoms with Crippen molar-refractivity contribution in [2.45, 2.75) is 38.6 Å². The molecular weight excluding hydrogens is 236 g/mol. The van der Waals surface area contributed by atoms with Crippen LogP contribution in [-0.2, 0) is 19.1 Å². The van der Waals surface area contributed by atoms with E-state index in [1.807, 2.05) is 6.92 Å². The number of piperazine rings is 1. The number of rotatable bonds is 5. The van der Waals surface area contributed by atoms with Gasteiger partial charge in [0.1, 0.15) is 6.04 Å². The third kappa shape index (κ3) is 3.72. The Morgan fingerprint density at radius 1 is 1.50 bits per heavy atom. The molecule has 1 atom stereocenters. The number of hydrogen-bond donors (Lipinski definition) is 1. The molecule has 1 fully saturated rings. The SMILES string of the molecule is CCCCC(=O)N1CCNC(=O)[C@@H]1CC(=O)OC. The van der Waals surface area contributed by atoms with Gasteiger partial charge in [-0.15, -0.1) is 0 Å². The van der Waals surface area contributed by atoms with Crippen LogP contribution in [0.4, 0.5) is 0 Å². The molecule has 18 heavy (non-hydrogen) atoms. The molecule has 0 aromatic heterocycles. The molecule has 1 aliphatic heterocycles. The van der Waals surface area contributed by atoms with E-state index in [1.54, 1.807) is 0 Å². The van der Waals surface area contributed by atoms with Crippen molar-refractivity contribution in [3.63, 3.8) is 0 Å². The van der Waals surface area contributed by atoms with Crippen molar-refractivity contribution in [1.82, 2.24) is 10.2 Å². The number of esters is 1. The number of carbonyl (C=O) groups is 3. The van der Waals surface area contributed by atoms with Crippen LogP contribution in [0.3, 0.4) is 0 Å². The molecule has 6 heteroatoms. The summed E-state index contributed by atoms with van der Waals surface area (Å²) < 4.78 is 4.55. The van der Waals surface area contributed by atoms with Gasteiger partial charge in [-0.25, -0.2) is 0 Å². The number of nitrogens with zero attached hydrogens (tertiary/aromatic N) is 1. The van der Waals surface area contributed by atoms with Crippen LogP contribution in [0.25, 0.3) is 0 Å². The Morgan fingerprint density at radius 3 is 2.83 bits per heavy atom. The van der Waals surface area contributed by atoms with E-state index in [-0.39, 0.29) is 18.2 Å². The van der Waals surface area contributed by atoms with Gasteiger partial charge >= 0.3 is 5.97 Å². The van der Waals surface area contributed by atoms with E-state index in [4.69, 9.17) is 0 Å². The van der Waals surface area contributed by atoms with Gasteiger partial charge in [0, 0.05) is 19.5 Å². The van der Waals surface area contributed by atoms with E-state index >= 15 is 0 Å². The molecule has 6 nitrogen and oxygen atoms in total. The molecule has 0 radical (unpaired) electrons. The Balaban J connectivity index is 2.68. The van der Waals surface area contributed by atoms with Gasteiger partial charge in [0.25, 0.3) is 0 Å². The Hall–Kier alpha value is -1.59. The highest BCUT2D eigenvalue weighted by Crippen LogP contribution is 2.12. The number of unbranched alkanes of at least 4 members (excludes halogenated alkanes) is 1. The minimum absolute atomic E-state index is 0.0689. The Bertz CT molecular complexity index is 330. The molecule has 0 unspecified atom stereocenters. The molecule has 2 amide bonds. The zero-order valence-electron chi connectivity index (χ0n) is 10.9. The minimum atomic E-state index is -0.726. The van der Waals surface area contributed by atoms with Crippen LogP contribution >= 0.6 is 0 Å². The first kappa shape index (κ1) is 14.5. The quantitative estimate of drug-likeness (QED) is 0.706. The predicted octanol–water partition coefficient (Wildman–Crippen LogP) is 0.0667. The maximum absolute atomic E-state index is 12.0. The summed E-state index contributed by atoms with van der Waals surface area (Å²) in [5.74, 6) is -0.831. The van der Waals surface area contributed by atoms with E-state index < -0.39 is 12.0 Å². The second kappa shape index (κ2) is 6.98. The molecule has 0 aromatic rings. The van der Waals surface area contributed by atoms with Gasteiger partial charge in [0.05, 0.1) is 13.5 Å². The highest BCUT2D eigenvalue weighted by molar-refractivity contribution is 5.91. The molecule has 0 bridgehead atoms. The molecular formula is C12H20N2O4. The summed E-state index contributed by atoms with van der Waals surface area (Å²) in [6, 6.07) is -0.726. The van der Waals surface area contributed by atoms with Crippen LogP contribution in [0.1, 0.15) is 32.6 Å². The molecule has 102 valence electrons. The van der Waals surface area contributed by atoms with Gasteiger partial charge in [-0.1, -0.05) is 13.3 Å². The average molecular weight is 256 g/mol. The maximum atomic E-state index is 12.0. The predicted molar refractivity (Wildman–Crippen MR) is 64.7 cm³/mol. The van der Waals surface area contributed by atoms with E-state index in [0.29, 0.717) is 19.5 Å². The summed E-state index contributed by atoms with van der Waals surface area (Å²) >= 11 is 0. The summed E-state index contributed by atoms with van der Waals surface area (Å²) in [6.07, 6.45) is 2.05. The Kier molecular flexibility index (Phi) is 5.61. The first-order chi connectivity index (χ1) is 8.60. The topological polar surface area (TPSA) is 75.7 Å². The lowest BCUT2D eigenvalue weighted by Crippen LogP contribution is -2.57. The largest absolute Gasteiger partial charge is 0.469 e. The van der Waals surface area contributed by atoms with Crippen LogP contribution in [0.5, 0.6) is 0 Å². The van der Waals surface area contributed by atoms with E-state index in [1.165, 1.54) is 12.0 Å². The first-order valence-corrected chi connectivity index (χ1v) is 6.24. The Labute approximate surface area is 107 Å². The molecule has 0 spiro atoms. The monoisotopic (exact) mass is 256 g/mol. The summed E-state index contributed by atoms with van der Waals surface area (Å²) in [4.78, 5) is 36.5. The van der Waals surface area contributed by atoms with Crippen LogP contribution in [0, 0.1) is 0 Å². The van der Waals surface area contributed by atoms with Crippen LogP contribution in [0.15, 0.2) is 0 Å². The third-order valence-corrected chi connectivity index (χ3v) is 2.98. The highest BCUT2D eigenvalue weighted by atomic mass is 16.5. The second-order valence-corrected chi connectivity index (χ2v) is 4.28. The van der Waals surface area contributed by atoms with Crippen molar-refractivity contribution in [3.8, 4) is 0 Å². The molecule has 1 N–H and O–H groups in total. The van der Waals surface area contributed by atoms with Crippen molar-refractivity contribution in [2.24, 2.45) is 0 Å². The van der Waals surface area contributed by atoms with Gasteiger partial charge in [-0.2, -0.15) is 0 Å². The first-order valence-electron chi connectivity index (χ1n) is 6.24. The fourth-order valence-corrected chi connectivity index (χ4v) is 1.93. The van der Waals surface area contributed by atoms with Crippen molar-refractivity contribution in [3.05, 3.63) is 0 Å². The summed E-state index contributed by atoms with van der Waals surface area (Å²) in [6.45, 7) is 2.90. The second-order valence-electron chi connectivity index (χ2n) is 4.28. The van der Waals surface area contributed by atoms with Gasteiger partial charge in [-0.05, 0) is 6.42 Å². The van der Waals surface area contributed by atoms with E-state index in [2.05, 4.69) is 10.1 Å². The number of amides is 2. The number of ether oxygens (including phenoxy) is 1.